The molecule has 0 saturated heterocycles. The summed E-state index contributed by atoms with van der Waals surface area (Å²) in [6.07, 6.45) is 4.25. The van der Waals surface area contributed by atoms with E-state index in [1.54, 1.807) is 19.5 Å². The van der Waals surface area contributed by atoms with Crippen LogP contribution in [0, 0.1) is 0 Å². The van der Waals surface area contributed by atoms with Gasteiger partial charge in [-0.3, -0.25) is 9.78 Å². The average Bonchev–Trinajstić information content (AvgIpc) is 3.32. The van der Waals surface area contributed by atoms with Gasteiger partial charge < -0.3 is 15.4 Å². The van der Waals surface area contributed by atoms with Crippen LogP contribution >= 0.6 is 11.3 Å². The molecule has 2 N–H and O–H groups in total. The van der Waals surface area contributed by atoms with Gasteiger partial charge in [-0.05, 0) is 44.4 Å². The molecular formula is C26H24N6O2S. The molecule has 0 saturated carbocycles. The number of fused-ring (bicyclic) bond motifs is 1. The predicted molar refractivity (Wildman–Crippen MR) is 141 cm³/mol. The Balaban J connectivity index is 0.000000917. The zero-order valence-corrected chi connectivity index (χ0v) is 20.3. The van der Waals surface area contributed by atoms with Gasteiger partial charge in [0.1, 0.15) is 11.6 Å². The highest BCUT2D eigenvalue weighted by Crippen LogP contribution is 2.34. The van der Waals surface area contributed by atoms with Crippen molar-refractivity contribution in [1.82, 2.24) is 25.3 Å². The normalized spacial score (nSPS) is 10.4. The SMILES string of the molecule is CNC.COc1ccc2nc(-c3cccnc3)nc(Nc3nc(-c4ccccc4)c(C=O)s3)c2c1. The van der Waals surface area contributed by atoms with Crippen molar-refractivity contribution >= 4 is 39.5 Å². The molecule has 0 spiro atoms. The second-order valence-electron chi connectivity index (χ2n) is 7.36. The van der Waals surface area contributed by atoms with E-state index in [1.807, 2.05) is 74.8 Å². The Kier molecular flexibility index (Phi) is 7.71. The molecular weight excluding hydrogens is 460 g/mol. The third kappa shape index (κ3) is 5.48. The van der Waals surface area contributed by atoms with Crippen molar-refractivity contribution < 1.29 is 9.53 Å². The first-order chi connectivity index (χ1) is 17.2. The van der Waals surface area contributed by atoms with Crippen LogP contribution < -0.4 is 15.4 Å². The Morgan fingerprint density at radius 2 is 1.71 bits per heavy atom. The summed E-state index contributed by atoms with van der Waals surface area (Å²) in [5, 5.41) is 7.38. The number of anilines is 2. The number of hydrogen-bond donors (Lipinski definition) is 2. The van der Waals surface area contributed by atoms with E-state index in [0.29, 0.717) is 33.1 Å². The van der Waals surface area contributed by atoms with Crippen LogP contribution in [0.4, 0.5) is 10.9 Å². The van der Waals surface area contributed by atoms with E-state index in [-0.39, 0.29) is 0 Å². The van der Waals surface area contributed by atoms with Crippen molar-refractivity contribution in [2.24, 2.45) is 0 Å². The summed E-state index contributed by atoms with van der Waals surface area (Å²) in [5.74, 6) is 1.79. The highest BCUT2D eigenvalue weighted by molar-refractivity contribution is 7.17. The van der Waals surface area contributed by atoms with Crippen LogP contribution in [0.15, 0.2) is 73.1 Å². The lowest BCUT2D eigenvalue weighted by molar-refractivity contribution is 0.112. The molecule has 5 aromatic rings. The number of rotatable bonds is 6. The molecule has 3 heterocycles. The molecule has 3 aromatic heterocycles. The van der Waals surface area contributed by atoms with Crippen molar-refractivity contribution in [1.29, 1.82) is 0 Å². The molecule has 2 aromatic carbocycles. The summed E-state index contributed by atoms with van der Waals surface area (Å²) < 4.78 is 5.39. The summed E-state index contributed by atoms with van der Waals surface area (Å²) in [4.78, 5) is 30.5. The van der Waals surface area contributed by atoms with Crippen LogP contribution in [0.2, 0.25) is 0 Å². The number of nitrogens with one attached hydrogen (secondary N) is 2. The highest BCUT2D eigenvalue weighted by atomic mass is 32.1. The minimum absolute atomic E-state index is 0.536. The van der Waals surface area contributed by atoms with Crippen LogP contribution in [-0.4, -0.2) is 47.4 Å². The zero-order chi connectivity index (χ0) is 24.6. The van der Waals surface area contributed by atoms with Crippen LogP contribution in [0.25, 0.3) is 33.5 Å². The van der Waals surface area contributed by atoms with Gasteiger partial charge in [0.25, 0.3) is 0 Å². The van der Waals surface area contributed by atoms with E-state index < -0.39 is 0 Å². The Morgan fingerprint density at radius 1 is 0.943 bits per heavy atom. The summed E-state index contributed by atoms with van der Waals surface area (Å²) >= 11 is 1.28. The van der Waals surface area contributed by atoms with E-state index in [1.165, 1.54) is 11.3 Å². The number of aromatic nitrogens is 4. The van der Waals surface area contributed by atoms with Crippen molar-refractivity contribution in [3.63, 3.8) is 0 Å². The molecule has 0 aliphatic heterocycles. The Hall–Kier alpha value is -4.21. The fourth-order valence-electron chi connectivity index (χ4n) is 3.32. The van der Waals surface area contributed by atoms with Crippen molar-refractivity contribution in [3.8, 4) is 28.4 Å². The van der Waals surface area contributed by atoms with Gasteiger partial charge in [-0.1, -0.05) is 41.7 Å². The predicted octanol–water partition coefficient (Wildman–Crippen LogP) is 5.22. The molecule has 0 aliphatic rings. The van der Waals surface area contributed by atoms with Crippen LogP contribution in [0.3, 0.4) is 0 Å². The second-order valence-corrected chi connectivity index (χ2v) is 8.39. The summed E-state index contributed by atoms with van der Waals surface area (Å²) in [6.45, 7) is 0. The molecule has 0 amide bonds. The Morgan fingerprint density at radius 3 is 2.40 bits per heavy atom. The van der Waals surface area contributed by atoms with Gasteiger partial charge in [-0.15, -0.1) is 0 Å². The minimum atomic E-state index is 0.536. The molecule has 9 heteroatoms. The molecule has 0 aliphatic carbocycles. The van der Waals surface area contributed by atoms with Gasteiger partial charge in [-0.2, -0.15) is 0 Å². The highest BCUT2D eigenvalue weighted by Gasteiger charge is 2.16. The topological polar surface area (TPSA) is 102 Å². The summed E-state index contributed by atoms with van der Waals surface area (Å²) in [5.41, 5.74) is 3.06. The largest absolute Gasteiger partial charge is 0.497 e. The number of aldehydes is 1. The second kappa shape index (κ2) is 11.3. The lowest BCUT2D eigenvalue weighted by Crippen LogP contribution is -2.00. The maximum absolute atomic E-state index is 11.7. The molecule has 8 nitrogen and oxygen atoms in total. The molecule has 176 valence electrons. The van der Waals surface area contributed by atoms with E-state index in [4.69, 9.17) is 9.72 Å². The number of pyridine rings is 1. The van der Waals surface area contributed by atoms with Crippen molar-refractivity contribution in [3.05, 3.63) is 77.9 Å². The number of benzene rings is 2. The van der Waals surface area contributed by atoms with E-state index >= 15 is 0 Å². The van der Waals surface area contributed by atoms with E-state index in [9.17, 15) is 4.79 Å². The first-order valence-electron chi connectivity index (χ1n) is 10.8. The van der Waals surface area contributed by atoms with E-state index in [0.717, 1.165) is 28.3 Å². The number of nitrogens with zero attached hydrogens (tertiary/aromatic N) is 4. The fraction of sp³-hybridized carbons (Fsp3) is 0.115. The van der Waals surface area contributed by atoms with Crippen LogP contribution in [0.5, 0.6) is 5.75 Å². The lowest BCUT2D eigenvalue weighted by Gasteiger charge is -2.10. The maximum atomic E-state index is 11.7. The monoisotopic (exact) mass is 484 g/mol. The Labute approximate surface area is 207 Å². The quantitative estimate of drug-likeness (QED) is 0.317. The molecule has 0 radical (unpaired) electrons. The van der Waals surface area contributed by atoms with E-state index in [2.05, 4.69) is 25.6 Å². The first-order valence-corrected chi connectivity index (χ1v) is 11.6. The van der Waals surface area contributed by atoms with Gasteiger partial charge in [0.15, 0.2) is 17.2 Å². The average molecular weight is 485 g/mol. The van der Waals surface area contributed by atoms with Gasteiger partial charge in [0.2, 0.25) is 0 Å². The Bertz CT molecular complexity index is 1420. The molecule has 0 unspecified atom stereocenters. The van der Waals surface area contributed by atoms with Crippen LogP contribution in [0.1, 0.15) is 9.67 Å². The zero-order valence-electron chi connectivity index (χ0n) is 19.5. The van der Waals surface area contributed by atoms with Crippen LogP contribution in [-0.2, 0) is 0 Å². The number of methoxy groups -OCH3 is 1. The van der Waals surface area contributed by atoms with Crippen molar-refractivity contribution in [2.45, 2.75) is 0 Å². The molecule has 35 heavy (non-hydrogen) atoms. The number of thiazole rings is 1. The summed E-state index contributed by atoms with van der Waals surface area (Å²) in [7, 11) is 5.36. The molecule has 0 atom stereocenters. The fourth-order valence-corrected chi connectivity index (χ4v) is 4.12. The first kappa shape index (κ1) is 23.9. The van der Waals surface area contributed by atoms with Crippen molar-refractivity contribution in [2.75, 3.05) is 26.5 Å². The standard InChI is InChI=1S/C24H17N5O2S.C2H7N/c1-31-17-9-10-19-18(12-17)23(28-22(26-19)16-8-5-11-25-13-16)29-24-27-21(20(14-30)32-24)15-6-3-2-4-7-15;1-3-2/h2-14H,1H3,(H,26,27,28,29);3H,1-2H3. The van der Waals surface area contributed by atoms with Gasteiger partial charge in [0, 0.05) is 28.9 Å². The van der Waals surface area contributed by atoms with Gasteiger partial charge >= 0.3 is 0 Å². The molecule has 0 fully saturated rings. The number of hydrogen-bond acceptors (Lipinski definition) is 9. The number of ether oxygens (including phenoxy) is 1. The molecule has 5 rings (SSSR count). The summed E-state index contributed by atoms with van der Waals surface area (Å²) in [6, 6.07) is 19.0. The third-order valence-corrected chi connectivity index (χ3v) is 5.75. The maximum Gasteiger partial charge on any atom is 0.189 e. The van der Waals surface area contributed by atoms with Gasteiger partial charge in [-0.25, -0.2) is 15.0 Å². The minimum Gasteiger partial charge on any atom is -0.497 e. The number of carbonyl (C=O) groups is 1. The lowest BCUT2D eigenvalue weighted by atomic mass is 10.1. The third-order valence-electron chi connectivity index (χ3n) is 4.86. The molecule has 0 bridgehead atoms. The van der Waals surface area contributed by atoms with Gasteiger partial charge in [0.05, 0.1) is 23.2 Å². The smallest absolute Gasteiger partial charge is 0.189 e. The number of carbonyl (C=O) groups excluding carboxylic acids is 1.